The Kier molecular flexibility index (Phi) is 12.2. The van der Waals surface area contributed by atoms with Crippen LogP contribution in [0, 0.1) is 28.4 Å². The number of nitriles is 1. The third kappa shape index (κ3) is 8.35. The summed E-state index contributed by atoms with van der Waals surface area (Å²) in [5.41, 5.74) is -0.639. The number of nitrogens with zero attached hydrogens (tertiary/aromatic N) is 3. The van der Waals surface area contributed by atoms with Crippen LogP contribution in [0.25, 0.3) is 11.1 Å². The molecule has 1 aromatic heterocycles. The molecular formula is C33H34F5N4O3P. The van der Waals surface area contributed by atoms with Crippen molar-refractivity contribution in [2.24, 2.45) is 5.41 Å². The largest absolute Gasteiger partial charge is 0.416 e. The Labute approximate surface area is 266 Å². The fourth-order valence-electron chi connectivity index (χ4n) is 5.08. The summed E-state index contributed by atoms with van der Waals surface area (Å²) in [6.45, 7) is 5.70. The van der Waals surface area contributed by atoms with Crippen LogP contribution in [-0.2, 0) is 22.2 Å². The Morgan fingerprint density at radius 3 is 2.52 bits per heavy atom. The molecule has 244 valence electrons. The van der Waals surface area contributed by atoms with E-state index in [1.54, 1.807) is 13.0 Å². The van der Waals surface area contributed by atoms with Gasteiger partial charge in [-0.2, -0.15) is 18.4 Å². The second kappa shape index (κ2) is 15.4. The van der Waals surface area contributed by atoms with Gasteiger partial charge < -0.3 is 5.32 Å². The molecule has 2 N–H and O–H groups in total. The first-order valence-electron chi connectivity index (χ1n) is 14.3. The SMILES string of the molecule is CCCCC(C)(CCc1cccc(F)c1F)/C(C)=C(\C=O)C(=P)Nc1ccc(C(F)(F)F)cc1-c1cnc(C#N)c(N(O)OC)c1. The average molecular weight is 661 g/mol. The lowest BCUT2D eigenvalue weighted by molar-refractivity contribution is -0.137. The number of unbranched alkanes of at least 4 members (excludes halogenated alkanes) is 1. The highest BCUT2D eigenvalue weighted by Gasteiger charge is 2.32. The smallest absolute Gasteiger partial charge is 0.351 e. The van der Waals surface area contributed by atoms with Crippen molar-refractivity contribution in [3.8, 4) is 17.2 Å². The third-order valence-corrected chi connectivity index (χ3v) is 8.42. The van der Waals surface area contributed by atoms with Crippen LogP contribution in [0.2, 0.25) is 0 Å². The van der Waals surface area contributed by atoms with Gasteiger partial charge in [-0.05, 0) is 67.5 Å². The van der Waals surface area contributed by atoms with Gasteiger partial charge in [0.25, 0.3) is 0 Å². The van der Waals surface area contributed by atoms with E-state index in [1.165, 1.54) is 30.5 Å². The van der Waals surface area contributed by atoms with E-state index in [0.717, 1.165) is 38.2 Å². The van der Waals surface area contributed by atoms with Crippen LogP contribution in [0.3, 0.4) is 0 Å². The fourth-order valence-corrected chi connectivity index (χ4v) is 5.46. The third-order valence-electron chi connectivity index (χ3n) is 8.03. The zero-order valence-electron chi connectivity index (χ0n) is 25.7. The number of carbonyl (C=O) groups is 1. The highest BCUT2D eigenvalue weighted by Crippen LogP contribution is 2.41. The van der Waals surface area contributed by atoms with Gasteiger partial charge in [-0.25, -0.2) is 13.8 Å². The normalized spacial score (nSPS) is 13.3. The molecule has 1 heterocycles. The summed E-state index contributed by atoms with van der Waals surface area (Å²) in [7, 11) is 4.60. The van der Waals surface area contributed by atoms with Gasteiger partial charge in [-0.1, -0.05) is 53.3 Å². The zero-order valence-corrected chi connectivity index (χ0v) is 26.7. The predicted molar refractivity (Wildman–Crippen MR) is 169 cm³/mol. The van der Waals surface area contributed by atoms with Crippen LogP contribution in [0.1, 0.15) is 63.3 Å². The molecule has 3 rings (SSSR count). The van der Waals surface area contributed by atoms with Crippen LogP contribution < -0.4 is 10.5 Å². The number of carbonyl (C=O) groups excluding carboxylic acids is 1. The van der Waals surface area contributed by atoms with Gasteiger partial charge in [0.15, 0.2) is 23.6 Å². The molecule has 0 aliphatic heterocycles. The Bertz CT molecular complexity index is 1670. The number of aldehydes is 1. The molecule has 0 saturated heterocycles. The molecule has 1 unspecified atom stereocenters. The number of pyridine rings is 1. The number of aromatic nitrogens is 1. The lowest BCUT2D eigenvalue weighted by atomic mass is 9.72. The first-order chi connectivity index (χ1) is 21.7. The number of allylic oxidation sites excluding steroid dienone is 1. The van der Waals surface area contributed by atoms with Crippen LogP contribution in [0.4, 0.5) is 33.3 Å². The van der Waals surface area contributed by atoms with E-state index in [4.69, 9.17) is 4.84 Å². The Hall–Kier alpha value is -4.17. The number of nitrogens with one attached hydrogen (secondary N) is 1. The minimum Gasteiger partial charge on any atom is -0.351 e. The van der Waals surface area contributed by atoms with Crippen molar-refractivity contribution in [1.29, 1.82) is 5.26 Å². The van der Waals surface area contributed by atoms with Crippen LogP contribution in [-0.4, -0.2) is 29.0 Å². The highest BCUT2D eigenvalue weighted by atomic mass is 31.0. The number of hydrogen-bond acceptors (Lipinski definition) is 6. The van der Waals surface area contributed by atoms with E-state index >= 15 is 0 Å². The molecule has 7 nitrogen and oxygen atoms in total. The van der Waals surface area contributed by atoms with E-state index in [9.17, 15) is 37.2 Å². The van der Waals surface area contributed by atoms with E-state index in [1.807, 2.05) is 13.8 Å². The van der Waals surface area contributed by atoms with Crippen molar-refractivity contribution >= 4 is 31.9 Å². The fraction of sp³-hybridized carbons (Fsp3) is 0.333. The van der Waals surface area contributed by atoms with Crippen LogP contribution in [0.15, 0.2) is 59.8 Å². The van der Waals surface area contributed by atoms with Crippen molar-refractivity contribution in [1.82, 2.24) is 4.98 Å². The molecule has 0 spiro atoms. The first-order valence-corrected chi connectivity index (χ1v) is 14.8. The van der Waals surface area contributed by atoms with E-state index in [0.29, 0.717) is 24.7 Å². The minimum absolute atomic E-state index is 0.00783. The molecule has 1 atom stereocenters. The summed E-state index contributed by atoms with van der Waals surface area (Å²) in [6.07, 6.45) is -0.0444. The number of aryl methyl sites for hydroxylation is 1. The quantitative estimate of drug-likeness (QED) is 0.0587. The summed E-state index contributed by atoms with van der Waals surface area (Å²) in [5.74, 6) is -1.86. The molecule has 0 radical (unpaired) electrons. The number of anilines is 2. The second-order valence-corrected chi connectivity index (χ2v) is 11.5. The first kappa shape index (κ1) is 36.3. The highest BCUT2D eigenvalue weighted by molar-refractivity contribution is 7.23. The maximum atomic E-state index is 14.5. The van der Waals surface area contributed by atoms with Gasteiger partial charge in [-0.3, -0.25) is 14.8 Å². The molecule has 13 heteroatoms. The molecule has 0 bridgehead atoms. The minimum atomic E-state index is -4.70. The maximum absolute atomic E-state index is 14.5. The van der Waals surface area contributed by atoms with Gasteiger partial charge in [0, 0.05) is 28.6 Å². The van der Waals surface area contributed by atoms with Gasteiger partial charge >= 0.3 is 6.18 Å². The lowest BCUT2D eigenvalue weighted by Crippen LogP contribution is -2.25. The summed E-state index contributed by atoms with van der Waals surface area (Å²) in [5, 5.41) is 22.7. The van der Waals surface area contributed by atoms with E-state index < -0.39 is 28.8 Å². The predicted octanol–water partition coefficient (Wildman–Crippen LogP) is 8.70. The van der Waals surface area contributed by atoms with Gasteiger partial charge in [0.1, 0.15) is 11.8 Å². The van der Waals surface area contributed by atoms with E-state index in [-0.39, 0.29) is 56.4 Å². The number of rotatable bonds is 14. The van der Waals surface area contributed by atoms with Crippen molar-refractivity contribution < 1.29 is 36.8 Å². The molecule has 0 aliphatic carbocycles. The summed E-state index contributed by atoms with van der Waals surface area (Å²) < 4.78 is 69.6. The van der Waals surface area contributed by atoms with Crippen molar-refractivity contribution in [2.75, 3.05) is 17.7 Å². The van der Waals surface area contributed by atoms with Crippen molar-refractivity contribution in [3.63, 3.8) is 0 Å². The summed E-state index contributed by atoms with van der Waals surface area (Å²) >= 11 is 0. The van der Waals surface area contributed by atoms with Gasteiger partial charge in [0.2, 0.25) is 0 Å². The van der Waals surface area contributed by atoms with Gasteiger partial charge in [0.05, 0.1) is 18.1 Å². The molecule has 0 fully saturated rings. The molecule has 0 saturated carbocycles. The summed E-state index contributed by atoms with van der Waals surface area (Å²) in [4.78, 5) is 21.2. The molecule has 3 aromatic rings. The molecule has 46 heavy (non-hydrogen) atoms. The number of alkyl halides is 3. The summed E-state index contributed by atoms with van der Waals surface area (Å²) in [6, 6.07) is 9.93. The maximum Gasteiger partial charge on any atom is 0.416 e. The Morgan fingerprint density at radius 2 is 1.91 bits per heavy atom. The average Bonchev–Trinajstić information content (AvgIpc) is 3.03. The zero-order chi connectivity index (χ0) is 34.2. The van der Waals surface area contributed by atoms with Crippen molar-refractivity contribution in [3.05, 3.63) is 88.3 Å². The standard InChI is InChI=1S/C33H34F5N4O3P/c1-5-6-13-32(3,14-12-21-8-7-9-26(34)30(21)35)20(2)25(19-43)31(46)41-27-11-10-23(33(36,37)38)16-24(27)22-15-29(42(44)45-4)28(17-39)40-18-22/h7-11,15-16,18-19,41,44,46H,5-6,12-14H2,1-4H3/b25-20+. The number of halogens is 5. The van der Waals surface area contributed by atoms with Gasteiger partial charge in [-0.15, -0.1) is 5.23 Å². The molecule has 2 aromatic carbocycles. The van der Waals surface area contributed by atoms with Crippen LogP contribution in [0.5, 0.6) is 0 Å². The van der Waals surface area contributed by atoms with Crippen LogP contribution >= 0.6 is 8.86 Å². The Morgan fingerprint density at radius 1 is 1.20 bits per heavy atom. The monoisotopic (exact) mass is 660 g/mol. The lowest BCUT2D eigenvalue weighted by Gasteiger charge is -2.33. The molecule has 0 aliphatic rings. The second-order valence-electron chi connectivity index (χ2n) is 11.0. The molecular weight excluding hydrogens is 626 g/mol. The molecule has 0 amide bonds. The number of hydrogen-bond donors (Lipinski definition) is 2. The van der Waals surface area contributed by atoms with E-state index in [2.05, 4.69) is 19.2 Å². The number of benzene rings is 2. The topological polar surface area (TPSA) is 98.5 Å². The van der Waals surface area contributed by atoms with Crippen molar-refractivity contribution in [2.45, 2.75) is 59.1 Å². The Balaban J connectivity index is 2.09.